The van der Waals surface area contributed by atoms with Gasteiger partial charge in [-0.2, -0.15) is 5.01 Å². The van der Waals surface area contributed by atoms with E-state index in [4.69, 9.17) is 23.2 Å². The van der Waals surface area contributed by atoms with Crippen LogP contribution in [0.15, 0.2) is 60.2 Å². The highest BCUT2D eigenvalue weighted by molar-refractivity contribution is 6.34. The number of rotatable bonds is 5. The Hall–Kier alpha value is -2.96. The lowest BCUT2D eigenvalue weighted by Gasteiger charge is -2.35. The summed E-state index contributed by atoms with van der Waals surface area (Å²) in [7, 11) is 0. The average Bonchev–Trinajstić information content (AvgIpc) is 3.04. The Labute approximate surface area is 201 Å². The summed E-state index contributed by atoms with van der Waals surface area (Å²) in [6.45, 7) is 3.41. The van der Waals surface area contributed by atoms with Crippen molar-refractivity contribution in [2.24, 2.45) is 11.8 Å². The van der Waals surface area contributed by atoms with Crippen molar-refractivity contribution in [3.05, 3.63) is 81.4 Å². The van der Waals surface area contributed by atoms with Gasteiger partial charge in [-0.15, -0.1) is 0 Å². The Morgan fingerprint density at radius 3 is 2.30 bits per heavy atom. The third-order valence-electron chi connectivity index (χ3n) is 6.20. The minimum Gasteiger partial charge on any atom is -0.292 e. The first-order valence-corrected chi connectivity index (χ1v) is 11.4. The van der Waals surface area contributed by atoms with Crippen LogP contribution in [0.2, 0.25) is 10.0 Å². The van der Waals surface area contributed by atoms with Gasteiger partial charge in [-0.1, -0.05) is 47.0 Å². The van der Waals surface area contributed by atoms with E-state index in [9.17, 15) is 19.2 Å². The average molecular weight is 485 g/mol. The molecule has 0 aromatic heterocycles. The third-order valence-corrected chi connectivity index (χ3v) is 6.78. The lowest BCUT2D eigenvalue weighted by atomic mass is 9.82. The van der Waals surface area contributed by atoms with Crippen molar-refractivity contribution >= 4 is 46.7 Å². The Kier molecular flexibility index (Phi) is 6.41. The molecular formula is C25H22Cl2N2O4. The second-order valence-electron chi connectivity index (χ2n) is 8.37. The number of hydrogen-bond donors (Lipinski definition) is 0. The van der Waals surface area contributed by atoms with Gasteiger partial charge < -0.3 is 0 Å². The summed E-state index contributed by atoms with van der Waals surface area (Å²) in [5.41, 5.74) is 1.42. The largest absolute Gasteiger partial charge is 0.292 e. The molecule has 0 radical (unpaired) electrons. The van der Waals surface area contributed by atoms with Crippen LogP contribution >= 0.6 is 23.2 Å². The van der Waals surface area contributed by atoms with Gasteiger partial charge in [0, 0.05) is 10.6 Å². The van der Waals surface area contributed by atoms with Crippen LogP contribution in [0.4, 0.5) is 0 Å². The molecule has 1 aliphatic heterocycles. The number of carbonyl (C=O) groups is 4. The molecule has 4 rings (SSSR count). The topological polar surface area (TPSA) is 74.8 Å². The van der Waals surface area contributed by atoms with Gasteiger partial charge in [0.1, 0.15) is 6.04 Å². The van der Waals surface area contributed by atoms with E-state index in [1.807, 2.05) is 13.0 Å². The quantitative estimate of drug-likeness (QED) is 0.341. The molecule has 0 spiro atoms. The molecule has 2 aliphatic rings. The van der Waals surface area contributed by atoms with Gasteiger partial charge in [0.25, 0.3) is 17.7 Å². The molecule has 3 amide bonds. The molecule has 0 saturated carbocycles. The number of carbonyl (C=O) groups excluding carboxylic acids is 4. The predicted octanol–water partition coefficient (Wildman–Crippen LogP) is 4.96. The van der Waals surface area contributed by atoms with Crippen LogP contribution in [0.25, 0.3) is 0 Å². The van der Waals surface area contributed by atoms with E-state index in [1.54, 1.807) is 42.5 Å². The summed E-state index contributed by atoms with van der Waals surface area (Å²) in [6, 6.07) is 11.4. The molecule has 1 aliphatic carbocycles. The van der Waals surface area contributed by atoms with Crippen molar-refractivity contribution in [3.63, 3.8) is 0 Å². The third kappa shape index (κ3) is 4.21. The fourth-order valence-electron chi connectivity index (χ4n) is 4.40. The van der Waals surface area contributed by atoms with E-state index in [-0.39, 0.29) is 10.6 Å². The molecule has 1 heterocycles. The van der Waals surface area contributed by atoms with Gasteiger partial charge in [-0.25, -0.2) is 5.01 Å². The minimum absolute atomic E-state index is 0.0969. The highest BCUT2D eigenvalue weighted by Crippen LogP contribution is 2.39. The van der Waals surface area contributed by atoms with Crippen LogP contribution in [-0.4, -0.2) is 39.6 Å². The van der Waals surface area contributed by atoms with Crippen molar-refractivity contribution in [1.29, 1.82) is 0 Å². The van der Waals surface area contributed by atoms with E-state index < -0.39 is 41.4 Å². The molecule has 170 valence electrons. The van der Waals surface area contributed by atoms with Crippen LogP contribution in [0.3, 0.4) is 0 Å². The molecule has 3 atom stereocenters. The summed E-state index contributed by atoms with van der Waals surface area (Å²) < 4.78 is 0. The minimum atomic E-state index is -1.14. The SMILES string of the molecule is CC1=CC[C@@H]2C(=O)N(N(C(=O)c3ccccc3Cl)[C@@H](C)C(=O)c3ccc(Cl)cc3)C(=O)[C@@H]2C1. The molecule has 2 aromatic carbocycles. The van der Waals surface area contributed by atoms with Gasteiger partial charge in [-0.05, 0) is 63.1 Å². The van der Waals surface area contributed by atoms with Crippen LogP contribution in [0, 0.1) is 11.8 Å². The van der Waals surface area contributed by atoms with Crippen molar-refractivity contribution in [2.45, 2.75) is 32.7 Å². The number of allylic oxidation sites excluding steroid dienone is 2. The molecule has 0 N–H and O–H groups in total. The zero-order valence-corrected chi connectivity index (χ0v) is 19.6. The Morgan fingerprint density at radius 2 is 1.64 bits per heavy atom. The molecule has 8 heteroatoms. The van der Waals surface area contributed by atoms with Crippen molar-refractivity contribution in [2.75, 3.05) is 0 Å². The second kappa shape index (κ2) is 9.12. The molecule has 0 bridgehead atoms. The van der Waals surface area contributed by atoms with Crippen molar-refractivity contribution in [3.8, 4) is 0 Å². The number of nitrogens with zero attached hydrogens (tertiary/aromatic N) is 2. The zero-order valence-electron chi connectivity index (χ0n) is 18.1. The number of ketones is 1. The van der Waals surface area contributed by atoms with Gasteiger partial charge in [0.15, 0.2) is 5.78 Å². The first-order valence-electron chi connectivity index (χ1n) is 10.6. The molecule has 0 unspecified atom stereocenters. The lowest BCUT2D eigenvalue weighted by molar-refractivity contribution is -0.156. The van der Waals surface area contributed by atoms with Gasteiger partial charge in [0.2, 0.25) is 0 Å². The number of hydrazine groups is 1. The predicted molar refractivity (Wildman–Crippen MR) is 125 cm³/mol. The van der Waals surface area contributed by atoms with Crippen LogP contribution in [0.5, 0.6) is 0 Å². The second-order valence-corrected chi connectivity index (χ2v) is 9.21. The number of hydrogen-bond acceptors (Lipinski definition) is 4. The maximum Gasteiger partial charge on any atom is 0.275 e. The zero-order chi connectivity index (χ0) is 23.9. The van der Waals surface area contributed by atoms with E-state index in [2.05, 4.69) is 0 Å². The van der Waals surface area contributed by atoms with Crippen molar-refractivity contribution in [1.82, 2.24) is 10.0 Å². The number of fused-ring (bicyclic) bond motifs is 1. The van der Waals surface area contributed by atoms with E-state index in [0.29, 0.717) is 23.4 Å². The van der Waals surface area contributed by atoms with E-state index >= 15 is 0 Å². The molecular weight excluding hydrogens is 463 g/mol. The number of Topliss-reactive ketones (excluding diaryl/α,β-unsaturated/α-hetero) is 1. The van der Waals surface area contributed by atoms with Gasteiger partial charge in [-0.3, -0.25) is 19.2 Å². The first-order chi connectivity index (χ1) is 15.7. The number of halogens is 2. The smallest absolute Gasteiger partial charge is 0.275 e. The highest BCUT2D eigenvalue weighted by atomic mass is 35.5. The summed E-state index contributed by atoms with van der Waals surface area (Å²) in [6.07, 6.45) is 2.81. The molecule has 1 saturated heterocycles. The fourth-order valence-corrected chi connectivity index (χ4v) is 4.74. The van der Waals surface area contributed by atoms with Gasteiger partial charge >= 0.3 is 0 Å². The number of amides is 3. The molecule has 6 nitrogen and oxygen atoms in total. The maximum atomic E-state index is 13.7. The monoisotopic (exact) mass is 484 g/mol. The van der Waals surface area contributed by atoms with Crippen LogP contribution in [0.1, 0.15) is 47.4 Å². The summed E-state index contributed by atoms with van der Waals surface area (Å²) >= 11 is 12.2. The van der Waals surface area contributed by atoms with Crippen LogP contribution in [-0.2, 0) is 9.59 Å². The fraction of sp³-hybridized carbons (Fsp3) is 0.280. The number of benzene rings is 2. The Morgan fingerprint density at radius 1 is 1.00 bits per heavy atom. The summed E-state index contributed by atoms with van der Waals surface area (Å²) in [5, 5.41) is 2.45. The highest BCUT2D eigenvalue weighted by Gasteiger charge is 2.53. The first kappa shape index (κ1) is 23.2. The van der Waals surface area contributed by atoms with Crippen molar-refractivity contribution < 1.29 is 19.2 Å². The Bertz CT molecular complexity index is 1180. The number of imide groups is 1. The maximum absolute atomic E-state index is 13.7. The molecule has 1 fully saturated rings. The molecule has 33 heavy (non-hydrogen) atoms. The Balaban J connectivity index is 1.76. The molecule has 2 aromatic rings. The van der Waals surface area contributed by atoms with Crippen LogP contribution < -0.4 is 0 Å². The summed E-state index contributed by atoms with van der Waals surface area (Å²) in [5.74, 6) is -3.20. The van der Waals surface area contributed by atoms with Gasteiger partial charge in [0.05, 0.1) is 22.4 Å². The van der Waals surface area contributed by atoms with E-state index in [1.165, 1.54) is 13.0 Å². The normalized spacial score (nSPS) is 20.8. The standard InChI is InChI=1S/C25H22Cl2N2O4/c1-14-7-12-18-20(13-14)25(33)29(23(18)31)28(24(32)19-5-3-4-6-21(19)27)15(2)22(30)16-8-10-17(26)11-9-16/h3-11,15,18,20H,12-13H2,1-2H3/t15-,18-,20+/m0/s1. The summed E-state index contributed by atoms with van der Waals surface area (Å²) in [4.78, 5) is 53.7. The van der Waals surface area contributed by atoms with E-state index in [0.717, 1.165) is 15.6 Å². The lowest BCUT2D eigenvalue weighted by Crippen LogP contribution is -2.56.